The summed E-state index contributed by atoms with van der Waals surface area (Å²) in [5.41, 5.74) is 1.87. The minimum Gasteiger partial charge on any atom is -0.489 e. The summed E-state index contributed by atoms with van der Waals surface area (Å²) in [5, 5.41) is 2.77. The summed E-state index contributed by atoms with van der Waals surface area (Å²) < 4.78 is 17.1. The number of esters is 1. The third-order valence-electron chi connectivity index (χ3n) is 5.22. The number of benzene rings is 1. The van der Waals surface area contributed by atoms with E-state index in [1.807, 2.05) is 18.2 Å². The second kappa shape index (κ2) is 5.97. The standard InChI is InChI=1S/C20H18N2O5/c1-2-25-20(24)17-16-12-9-10(3-5-13(12)27-18(16)17)26-14-7-8-21-19-11(14)4-6-15(23)22-19/h3,5,7-9,16-18H,2,4,6H2,1H3,(H,21,22,23)/t16-,17+,18+/m0/s1. The molecule has 1 fully saturated rings. The predicted molar refractivity (Wildman–Crippen MR) is 95.0 cm³/mol. The summed E-state index contributed by atoms with van der Waals surface area (Å²) in [6.45, 7) is 2.17. The molecule has 0 radical (unpaired) electrons. The SMILES string of the molecule is CCOC(=O)[C@H]1[C@@H]2Oc3ccc(Oc4ccnc5c4CCC(=O)N5)cc3[C@H]21. The van der Waals surface area contributed by atoms with E-state index in [1.165, 1.54) is 0 Å². The summed E-state index contributed by atoms with van der Waals surface area (Å²) >= 11 is 0. The van der Waals surface area contributed by atoms with Crippen LogP contribution in [0, 0.1) is 5.92 Å². The Bertz CT molecular complexity index is 957. The van der Waals surface area contributed by atoms with Crippen molar-refractivity contribution in [1.82, 2.24) is 4.98 Å². The van der Waals surface area contributed by atoms with E-state index in [-0.39, 0.29) is 29.8 Å². The highest BCUT2D eigenvalue weighted by Gasteiger charge is 2.63. The smallest absolute Gasteiger partial charge is 0.313 e. The number of amides is 1. The topological polar surface area (TPSA) is 86.8 Å². The summed E-state index contributed by atoms with van der Waals surface area (Å²) in [6.07, 6.45) is 2.49. The van der Waals surface area contributed by atoms with Gasteiger partial charge in [0.1, 0.15) is 35.1 Å². The molecule has 3 aliphatic rings. The Morgan fingerprint density at radius 2 is 2.22 bits per heavy atom. The van der Waals surface area contributed by atoms with Gasteiger partial charge in [0, 0.05) is 29.7 Å². The van der Waals surface area contributed by atoms with Gasteiger partial charge in [0.15, 0.2) is 0 Å². The minimum absolute atomic E-state index is 0.0354. The zero-order valence-corrected chi connectivity index (χ0v) is 14.7. The zero-order chi connectivity index (χ0) is 18.5. The largest absolute Gasteiger partial charge is 0.489 e. The molecular formula is C20H18N2O5. The molecule has 0 bridgehead atoms. The molecule has 27 heavy (non-hydrogen) atoms. The molecule has 1 aromatic carbocycles. The Kier molecular flexibility index (Phi) is 3.56. The Balaban J connectivity index is 1.39. The number of rotatable bonds is 4. The van der Waals surface area contributed by atoms with Crippen LogP contribution in [-0.4, -0.2) is 29.6 Å². The first-order valence-electron chi connectivity index (χ1n) is 9.08. The molecule has 1 aliphatic carbocycles. The molecule has 1 saturated carbocycles. The van der Waals surface area contributed by atoms with Crippen molar-refractivity contribution in [2.75, 3.05) is 11.9 Å². The second-order valence-electron chi connectivity index (χ2n) is 6.87. The lowest BCUT2D eigenvalue weighted by molar-refractivity contribution is -0.145. The number of carbonyl (C=O) groups excluding carboxylic acids is 2. The first kappa shape index (κ1) is 16.1. The number of pyridine rings is 1. The van der Waals surface area contributed by atoms with Crippen LogP contribution in [-0.2, 0) is 20.7 Å². The van der Waals surface area contributed by atoms with E-state index in [2.05, 4.69) is 10.3 Å². The average Bonchev–Trinajstić information content (AvgIpc) is 3.25. The third-order valence-corrected chi connectivity index (χ3v) is 5.22. The van der Waals surface area contributed by atoms with Gasteiger partial charge in [0.25, 0.3) is 0 Å². The lowest BCUT2D eigenvalue weighted by atomic mass is 10.1. The first-order chi connectivity index (χ1) is 13.2. The number of nitrogens with one attached hydrogen (secondary N) is 1. The van der Waals surface area contributed by atoms with Gasteiger partial charge < -0.3 is 19.5 Å². The molecule has 1 amide bonds. The van der Waals surface area contributed by atoms with Crippen LogP contribution in [0.5, 0.6) is 17.2 Å². The van der Waals surface area contributed by atoms with Crippen LogP contribution in [0.1, 0.15) is 30.4 Å². The maximum Gasteiger partial charge on any atom is 0.313 e. The maximum absolute atomic E-state index is 12.0. The van der Waals surface area contributed by atoms with Crippen LogP contribution in [0.15, 0.2) is 30.5 Å². The van der Waals surface area contributed by atoms with Gasteiger partial charge in [-0.15, -0.1) is 0 Å². The van der Waals surface area contributed by atoms with Crippen molar-refractivity contribution >= 4 is 17.7 Å². The highest BCUT2D eigenvalue weighted by molar-refractivity contribution is 5.93. The highest BCUT2D eigenvalue weighted by atomic mass is 16.5. The molecule has 7 heteroatoms. The quantitative estimate of drug-likeness (QED) is 0.838. The minimum atomic E-state index is -0.225. The molecule has 2 aliphatic heterocycles. The van der Waals surface area contributed by atoms with Gasteiger partial charge in [-0.2, -0.15) is 0 Å². The average molecular weight is 366 g/mol. The number of carbonyl (C=O) groups is 2. The molecule has 0 unspecified atom stereocenters. The third kappa shape index (κ3) is 2.61. The van der Waals surface area contributed by atoms with Crippen LogP contribution in [0.4, 0.5) is 5.82 Å². The lowest BCUT2D eigenvalue weighted by Crippen LogP contribution is -2.20. The zero-order valence-electron chi connectivity index (χ0n) is 14.7. The van der Waals surface area contributed by atoms with E-state index in [1.54, 1.807) is 19.2 Å². The highest BCUT2D eigenvalue weighted by Crippen LogP contribution is 2.59. The molecule has 3 atom stereocenters. The normalized spacial score (nSPS) is 24.0. The molecule has 3 heterocycles. The molecule has 138 valence electrons. The summed E-state index contributed by atoms with van der Waals surface area (Å²) in [7, 11) is 0. The molecule has 5 rings (SSSR count). The predicted octanol–water partition coefficient (Wildman–Crippen LogP) is 2.80. The molecule has 7 nitrogen and oxygen atoms in total. The Morgan fingerprint density at radius 3 is 3.07 bits per heavy atom. The first-order valence-corrected chi connectivity index (χ1v) is 9.08. The monoisotopic (exact) mass is 366 g/mol. The van der Waals surface area contributed by atoms with Crippen molar-refractivity contribution in [2.45, 2.75) is 31.8 Å². The lowest BCUT2D eigenvalue weighted by Gasteiger charge is -2.19. The van der Waals surface area contributed by atoms with Gasteiger partial charge in [-0.3, -0.25) is 9.59 Å². The van der Waals surface area contributed by atoms with E-state index in [9.17, 15) is 9.59 Å². The van der Waals surface area contributed by atoms with Crippen molar-refractivity contribution < 1.29 is 23.8 Å². The second-order valence-corrected chi connectivity index (χ2v) is 6.87. The fourth-order valence-electron chi connectivity index (χ4n) is 3.90. The summed E-state index contributed by atoms with van der Waals surface area (Å²) in [5.74, 6) is 2.26. The summed E-state index contributed by atoms with van der Waals surface area (Å²) in [6, 6.07) is 7.43. The Labute approximate surface area is 155 Å². The molecule has 2 aromatic rings. The van der Waals surface area contributed by atoms with E-state index in [0.29, 0.717) is 36.8 Å². The number of aromatic nitrogens is 1. The van der Waals surface area contributed by atoms with E-state index in [0.717, 1.165) is 16.9 Å². The fraction of sp³-hybridized carbons (Fsp3) is 0.350. The summed E-state index contributed by atoms with van der Waals surface area (Å²) in [4.78, 5) is 27.8. The molecular weight excluding hydrogens is 348 g/mol. The van der Waals surface area contributed by atoms with Crippen molar-refractivity contribution in [3.8, 4) is 17.2 Å². The van der Waals surface area contributed by atoms with Crippen molar-refractivity contribution in [1.29, 1.82) is 0 Å². The Hall–Kier alpha value is -3.09. The van der Waals surface area contributed by atoms with Gasteiger partial charge in [0.2, 0.25) is 5.91 Å². The van der Waals surface area contributed by atoms with Crippen LogP contribution in [0.25, 0.3) is 0 Å². The van der Waals surface area contributed by atoms with Crippen LogP contribution >= 0.6 is 0 Å². The van der Waals surface area contributed by atoms with Crippen molar-refractivity contribution in [3.05, 3.63) is 41.6 Å². The fourth-order valence-corrected chi connectivity index (χ4v) is 3.90. The number of nitrogens with zero attached hydrogens (tertiary/aromatic N) is 1. The van der Waals surface area contributed by atoms with Gasteiger partial charge in [-0.25, -0.2) is 4.98 Å². The van der Waals surface area contributed by atoms with Crippen LogP contribution in [0.2, 0.25) is 0 Å². The van der Waals surface area contributed by atoms with E-state index < -0.39 is 0 Å². The number of hydrogen-bond acceptors (Lipinski definition) is 6. The van der Waals surface area contributed by atoms with Crippen molar-refractivity contribution in [2.24, 2.45) is 5.92 Å². The van der Waals surface area contributed by atoms with Crippen LogP contribution in [0.3, 0.4) is 0 Å². The molecule has 1 N–H and O–H groups in total. The van der Waals surface area contributed by atoms with Crippen LogP contribution < -0.4 is 14.8 Å². The van der Waals surface area contributed by atoms with Crippen molar-refractivity contribution in [3.63, 3.8) is 0 Å². The van der Waals surface area contributed by atoms with Gasteiger partial charge in [-0.05, 0) is 37.6 Å². The number of fused-ring (bicyclic) bond motifs is 4. The number of hydrogen-bond donors (Lipinski definition) is 1. The maximum atomic E-state index is 12.0. The van der Waals surface area contributed by atoms with E-state index >= 15 is 0 Å². The Morgan fingerprint density at radius 1 is 1.33 bits per heavy atom. The molecule has 0 spiro atoms. The van der Waals surface area contributed by atoms with Gasteiger partial charge in [-0.1, -0.05) is 0 Å². The molecule has 0 saturated heterocycles. The number of ether oxygens (including phenoxy) is 3. The number of anilines is 1. The van der Waals surface area contributed by atoms with E-state index in [4.69, 9.17) is 14.2 Å². The van der Waals surface area contributed by atoms with Gasteiger partial charge in [0.05, 0.1) is 6.61 Å². The molecule has 1 aromatic heterocycles. The van der Waals surface area contributed by atoms with Gasteiger partial charge >= 0.3 is 5.97 Å².